The fourth-order valence-electron chi connectivity index (χ4n) is 3.93. The van der Waals surface area contributed by atoms with Gasteiger partial charge < -0.3 is 9.72 Å². The topological polar surface area (TPSA) is 94.0 Å². The first-order valence-electron chi connectivity index (χ1n) is 10.4. The molecule has 0 atom stereocenters. The van der Waals surface area contributed by atoms with Crippen molar-refractivity contribution >= 4 is 38.6 Å². The number of carbonyl (C=O) groups is 1. The summed E-state index contributed by atoms with van der Waals surface area (Å²) in [6.07, 6.45) is 2.90. The Morgan fingerprint density at radius 1 is 1.06 bits per heavy atom. The number of hydrogen-bond acceptors (Lipinski definition) is 5. The van der Waals surface area contributed by atoms with Gasteiger partial charge in [-0.15, -0.1) is 0 Å². The summed E-state index contributed by atoms with van der Waals surface area (Å²) in [5, 5.41) is 0.382. The number of ether oxygens (including phenoxy) is 1. The minimum absolute atomic E-state index is 0.126. The van der Waals surface area contributed by atoms with E-state index >= 15 is 0 Å². The van der Waals surface area contributed by atoms with E-state index in [1.165, 1.54) is 43.8 Å². The van der Waals surface area contributed by atoms with Crippen LogP contribution in [-0.4, -0.2) is 35.4 Å². The second-order valence-corrected chi connectivity index (χ2v) is 9.78. The molecule has 3 heterocycles. The quantitative estimate of drug-likeness (QED) is 0.315. The lowest BCUT2D eigenvalue weighted by Crippen LogP contribution is -2.12. The molecule has 0 amide bonds. The summed E-state index contributed by atoms with van der Waals surface area (Å²) in [7, 11) is -2.64. The third kappa shape index (κ3) is 3.78. The number of pyridine rings is 1. The van der Waals surface area contributed by atoms with Crippen LogP contribution in [-0.2, 0) is 14.8 Å². The minimum Gasteiger partial charge on any atom is -0.465 e. The van der Waals surface area contributed by atoms with Gasteiger partial charge in [0.1, 0.15) is 5.82 Å². The van der Waals surface area contributed by atoms with Gasteiger partial charge in [-0.1, -0.05) is 41.9 Å². The SMILES string of the molecule is COC(=O)c1cc(-c2ccnc3c2ccn3S(=O)(=O)c2ccccc2)[nH]c1-c1cccc(F)c1Cl. The zero-order chi connectivity index (χ0) is 24.7. The number of nitrogens with one attached hydrogen (secondary N) is 1. The molecule has 5 rings (SSSR count). The van der Waals surface area contributed by atoms with Gasteiger partial charge in [0.25, 0.3) is 10.0 Å². The summed E-state index contributed by atoms with van der Waals surface area (Å²) in [6.45, 7) is 0. The fraction of sp³-hybridized carbons (Fsp3) is 0.0400. The first kappa shape index (κ1) is 22.8. The van der Waals surface area contributed by atoms with Crippen molar-refractivity contribution in [3.05, 3.63) is 95.5 Å². The normalized spacial score (nSPS) is 11.6. The Labute approximate surface area is 204 Å². The molecule has 2 aromatic carbocycles. The summed E-state index contributed by atoms with van der Waals surface area (Å²) >= 11 is 6.18. The van der Waals surface area contributed by atoms with Gasteiger partial charge in [-0.05, 0) is 36.4 Å². The highest BCUT2D eigenvalue weighted by Crippen LogP contribution is 2.37. The molecule has 176 valence electrons. The van der Waals surface area contributed by atoms with Crippen molar-refractivity contribution in [2.24, 2.45) is 0 Å². The summed E-state index contributed by atoms with van der Waals surface area (Å²) < 4.78 is 46.6. The molecule has 5 aromatic rings. The maximum absolute atomic E-state index is 14.1. The highest BCUT2D eigenvalue weighted by atomic mass is 35.5. The average molecular weight is 510 g/mol. The molecule has 0 spiro atoms. The van der Waals surface area contributed by atoms with Gasteiger partial charge >= 0.3 is 5.97 Å². The molecule has 0 saturated heterocycles. The molecule has 0 aliphatic heterocycles. The Bertz CT molecular complexity index is 1690. The van der Waals surface area contributed by atoms with Crippen LogP contribution in [0.1, 0.15) is 10.4 Å². The van der Waals surface area contributed by atoms with Crippen LogP contribution in [0.2, 0.25) is 5.02 Å². The Balaban J connectivity index is 1.70. The Hall–Kier alpha value is -3.95. The monoisotopic (exact) mass is 509 g/mol. The molecule has 10 heteroatoms. The third-order valence-electron chi connectivity index (χ3n) is 5.59. The number of esters is 1. The fourth-order valence-corrected chi connectivity index (χ4v) is 5.47. The van der Waals surface area contributed by atoms with E-state index in [2.05, 4.69) is 9.97 Å². The number of rotatable bonds is 5. The maximum atomic E-state index is 14.1. The lowest BCUT2D eigenvalue weighted by atomic mass is 10.1. The summed E-state index contributed by atoms with van der Waals surface area (Å²) in [6, 6.07) is 17.2. The first-order chi connectivity index (χ1) is 16.8. The lowest BCUT2D eigenvalue weighted by molar-refractivity contribution is 0.0602. The molecule has 7 nitrogen and oxygen atoms in total. The molecular weight excluding hydrogens is 493 g/mol. The molecular formula is C25H17ClFN3O4S. The number of halogens is 2. The van der Waals surface area contributed by atoms with Crippen LogP contribution in [0, 0.1) is 5.82 Å². The Kier molecular flexibility index (Phi) is 5.66. The molecule has 3 aromatic heterocycles. The number of nitrogens with zero attached hydrogens (tertiary/aromatic N) is 2. The number of carbonyl (C=O) groups excluding carboxylic acids is 1. The number of aromatic nitrogens is 3. The molecule has 35 heavy (non-hydrogen) atoms. The molecule has 0 aliphatic carbocycles. The predicted octanol–water partition coefficient (Wildman–Crippen LogP) is 5.51. The summed E-state index contributed by atoms with van der Waals surface area (Å²) in [4.78, 5) is 20.1. The molecule has 0 saturated carbocycles. The highest BCUT2D eigenvalue weighted by molar-refractivity contribution is 7.90. The smallest absolute Gasteiger partial charge is 0.340 e. The van der Waals surface area contributed by atoms with Crippen LogP contribution in [0.15, 0.2) is 84.0 Å². The largest absolute Gasteiger partial charge is 0.465 e. The zero-order valence-electron chi connectivity index (χ0n) is 18.2. The Morgan fingerprint density at radius 2 is 1.83 bits per heavy atom. The summed E-state index contributed by atoms with van der Waals surface area (Å²) in [5.74, 6) is -1.28. The highest BCUT2D eigenvalue weighted by Gasteiger charge is 2.24. The molecule has 1 N–H and O–H groups in total. The van der Waals surface area contributed by atoms with Crippen molar-refractivity contribution in [2.75, 3.05) is 7.11 Å². The molecule has 0 aliphatic rings. The molecule has 0 radical (unpaired) electrons. The van der Waals surface area contributed by atoms with Crippen LogP contribution in [0.4, 0.5) is 4.39 Å². The molecule has 0 bridgehead atoms. The van der Waals surface area contributed by atoms with Gasteiger partial charge in [0.2, 0.25) is 0 Å². The van der Waals surface area contributed by atoms with Crippen molar-refractivity contribution in [2.45, 2.75) is 4.90 Å². The van der Waals surface area contributed by atoms with Gasteiger partial charge in [0, 0.05) is 34.6 Å². The van der Waals surface area contributed by atoms with Gasteiger partial charge in [-0.3, -0.25) is 0 Å². The predicted molar refractivity (Wildman–Crippen MR) is 130 cm³/mol. The van der Waals surface area contributed by atoms with E-state index < -0.39 is 21.8 Å². The molecule has 0 fully saturated rings. The van der Waals surface area contributed by atoms with Crippen molar-refractivity contribution in [3.63, 3.8) is 0 Å². The lowest BCUT2D eigenvalue weighted by Gasteiger charge is -2.08. The van der Waals surface area contributed by atoms with Crippen LogP contribution in [0.5, 0.6) is 0 Å². The minimum atomic E-state index is -3.88. The van der Waals surface area contributed by atoms with Crippen LogP contribution >= 0.6 is 11.6 Å². The van der Waals surface area contributed by atoms with Gasteiger partial charge in [-0.25, -0.2) is 26.6 Å². The number of hydrogen-bond donors (Lipinski definition) is 1. The van der Waals surface area contributed by atoms with E-state index in [-0.39, 0.29) is 32.4 Å². The number of methoxy groups -OCH3 is 1. The summed E-state index contributed by atoms with van der Waals surface area (Å²) in [5.41, 5.74) is 1.98. The zero-order valence-corrected chi connectivity index (χ0v) is 19.8. The van der Waals surface area contributed by atoms with E-state index in [4.69, 9.17) is 16.3 Å². The van der Waals surface area contributed by atoms with E-state index in [0.717, 1.165) is 3.97 Å². The maximum Gasteiger partial charge on any atom is 0.340 e. The van der Waals surface area contributed by atoms with Gasteiger partial charge in [0.15, 0.2) is 5.65 Å². The second-order valence-electron chi connectivity index (χ2n) is 7.59. The van der Waals surface area contributed by atoms with E-state index in [1.807, 2.05) is 0 Å². The van der Waals surface area contributed by atoms with Gasteiger partial charge in [0.05, 0.1) is 28.3 Å². The van der Waals surface area contributed by atoms with Crippen LogP contribution < -0.4 is 0 Å². The Morgan fingerprint density at radius 3 is 2.57 bits per heavy atom. The van der Waals surface area contributed by atoms with Gasteiger partial charge in [-0.2, -0.15) is 0 Å². The number of benzene rings is 2. The average Bonchev–Trinajstić information content (AvgIpc) is 3.51. The van der Waals surface area contributed by atoms with Crippen molar-refractivity contribution < 1.29 is 22.3 Å². The number of H-pyrrole nitrogens is 1. The van der Waals surface area contributed by atoms with Crippen LogP contribution in [0.25, 0.3) is 33.5 Å². The van der Waals surface area contributed by atoms with Crippen molar-refractivity contribution in [1.29, 1.82) is 0 Å². The van der Waals surface area contributed by atoms with E-state index in [1.54, 1.807) is 42.5 Å². The van der Waals surface area contributed by atoms with Crippen molar-refractivity contribution in [3.8, 4) is 22.5 Å². The van der Waals surface area contributed by atoms with Crippen molar-refractivity contribution in [1.82, 2.24) is 13.9 Å². The van der Waals surface area contributed by atoms with E-state index in [0.29, 0.717) is 16.6 Å². The first-order valence-corrected chi connectivity index (χ1v) is 12.2. The van der Waals surface area contributed by atoms with Crippen LogP contribution in [0.3, 0.4) is 0 Å². The molecule has 0 unspecified atom stereocenters. The third-order valence-corrected chi connectivity index (χ3v) is 7.65. The van der Waals surface area contributed by atoms with E-state index in [9.17, 15) is 17.6 Å². The standard InChI is InChI=1S/C25H17ClFN3O4S/c1-34-25(31)19-14-21(29-23(19)18-8-5-9-20(27)22(18)26)16-10-12-28-24-17(16)11-13-30(24)35(32,33)15-6-3-2-4-7-15/h2-14,29H,1H3. The number of fused-ring (bicyclic) bond motifs is 1. The number of aromatic amines is 1. The second kappa shape index (κ2) is 8.68.